The van der Waals surface area contributed by atoms with Crippen LogP contribution >= 0.6 is 11.3 Å². The summed E-state index contributed by atoms with van der Waals surface area (Å²) in [6.45, 7) is 3.57. The smallest absolute Gasteiger partial charge is 0.348 e. The second-order valence-electron chi connectivity index (χ2n) is 5.49. The van der Waals surface area contributed by atoms with Crippen LogP contribution in [0.15, 0.2) is 24.3 Å². The number of esters is 3. The van der Waals surface area contributed by atoms with Gasteiger partial charge in [0.1, 0.15) is 9.88 Å². The van der Waals surface area contributed by atoms with Crippen LogP contribution in [-0.2, 0) is 14.2 Å². The summed E-state index contributed by atoms with van der Waals surface area (Å²) in [4.78, 5) is 36.7. The third-order valence-electron chi connectivity index (χ3n) is 3.95. The van der Waals surface area contributed by atoms with Crippen molar-refractivity contribution in [3.8, 4) is 0 Å². The van der Waals surface area contributed by atoms with E-state index in [1.54, 1.807) is 38.1 Å². The fourth-order valence-electron chi connectivity index (χ4n) is 2.73. The maximum atomic E-state index is 12.2. The van der Waals surface area contributed by atoms with Gasteiger partial charge < -0.3 is 19.5 Å². The van der Waals surface area contributed by atoms with Gasteiger partial charge >= 0.3 is 17.9 Å². The molecule has 0 saturated carbocycles. The van der Waals surface area contributed by atoms with E-state index in [0.717, 1.165) is 11.3 Å². The molecule has 1 atom stereocenters. The summed E-state index contributed by atoms with van der Waals surface area (Å²) in [6.07, 6.45) is -0.754. The molecule has 7 nitrogen and oxygen atoms in total. The highest BCUT2D eigenvalue weighted by Crippen LogP contribution is 2.39. The van der Waals surface area contributed by atoms with Gasteiger partial charge in [-0.3, -0.25) is 0 Å². The summed E-state index contributed by atoms with van der Waals surface area (Å²) in [5, 5.41) is 3.42. The van der Waals surface area contributed by atoms with Crippen LogP contribution in [0.3, 0.4) is 0 Å². The molecule has 26 heavy (non-hydrogen) atoms. The van der Waals surface area contributed by atoms with Crippen LogP contribution in [0.4, 0.5) is 5.00 Å². The van der Waals surface area contributed by atoms with Crippen molar-refractivity contribution in [1.82, 2.24) is 0 Å². The van der Waals surface area contributed by atoms with Crippen molar-refractivity contribution < 1.29 is 28.6 Å². The van der Waals surface area contributed by atoms with Crippen molar-refractivity contribution >= 4 is 34.2 Å². The number of methoxy groups -OCH3 is 1. The minimum absolute atomic E-state index is 0.222. The second-order valence-corrected chi connectivity index (χ2v) is 6.51. The number of nitrogens with one attached hydrogen (secondary N) is 1. The zero-order valence-corrected chi connectivity index (χ0v) is 15.3. The largest absolute Gasteiger partial charge is 0.465 e. The first kappa shape index (κ1) is 17.9. The van der Waals surface area contributed by atoms with E-state index in [0.29, 0.717) is 26.6 Å². The molecular formula is C18H17NO6S. The fraction of sp³-hybridized carbons (Fsp3) is 0.278. The van der Waals surface area contributed by atoms with E-state index >= 15 is 0 Å². The Morgan fingerprint density at radius 1 is 1.27 bits per heavy atom. The normalized spacial score (nSPS) is 15.2. The number of ether oxygens (including phenoxy) is 3. The van der Waals surface area contributed by atoms with Gasteiger partial charge in [-0.05, 0) is 25.5 Å². The standard InChI is InChI=1S/C18H17NO6S/c1-4-24-18(22)13-9(2)12(17(21)23-3)15(26-13)19-14-10-7-5-6-8-11(10)16(20)25-14/h5-8,14,19H,4H2,1-3H3/t14-/m0/s1. The third kappa shape index (κ3) is 3.03. The van der Waals surface area contributed by atoms with Crippen LogP contribution in [0, 0.1) is 6.92 Å². The van der Waals surface area contributed by atoms with E-state index < -0.39 is 24.1 Å². The predicted molar refractivity (Wildman–Crippen MR) is 94.6 cm³/mol. The van der Waals surface area contributed by atoms with Gasteiger partial charge in [-0.25, -0.2) is 14.4 Å². The molecule has 0 radical (unpaired) electrons. The number of carbonyl (C=O) groups excluding carboxylic acids is 3. The minimum Gasteiger partial charge on any atom is -0.465 e. The number of anilines is 1. The Morgan fingerprint density at radius 2 is 2.00 bits per heavy atom. The highest BCUT2D eigenvalue weighted by Gasteiger charge is 2.33. The van der Waals surface area contributed by atoms with Crippen LogP contribution in [0.2, 0.25) is 0 Å². The van der Waals surface area contributed by atoms with Gasteiger partial charge in [0.25, 0.3) is 0 Å². The van der Waals surface area contributed by atoms with Crippen LogP contribution in [0.1, 0.15) is 54.7 Å². The fourth-order valence-corrected chi connectivity index (χ4v) is 3.83. The summed E-state index contributed by atoms with van der Waals surface area (Å²) in [6, 6.07) is 6.98. The first-order valence-corrected chi connectivity index (χ1v) is 8.74. The summed E-state index contributed by atoms with van der Waals surface area (Å²) < 4.78 is 15.2. The lowest BCUT2D eigenvalue weighted by molar-refractivity contribution is 0.0436. The second kappa shape index (κ2) is 7.17. The van der Waals surface area contributed by atoms with E-state index in [4.69, 9.17) is 14.2 Å². The predicted octanol–water partition coefficient (Wildman–Crippen LogP) is 3.30. The molecule has 1 aromatic heterocycles. The highest BCUT2D eigenvalue weighted by atomic mass is 32.1. The van der Waals surface area contributed by atoms with E-state index in [2.05, 4.69) is 5.32 Å². The molecule has 1 N–H and O–H groups in total. The number of rotatable bonds is 5. The third-order valence-corrected chi connectivity index (χ3v) is 5.15. The van der Waals surface area contributed by atoms with E-state index in [1.807, 2.05) is 0 Å². The molecule has 0 saturated heterocycles. The van der Waals surface area contributed by atoms with Crippen LogP contribution in [-0.4, -0.2) is 31.6 Å². The number of fused-ring (bicyclic) bond motifs is 1. The molecule has 2 aromatic rings. The molecular weight excluding hydrogens is 358 g/mol. The van der Waals surface area contributed by atoms with Crippen LogP contribution in [0.25, 0.3) is 0 Å². The molecule has 1 aliphatic rings. The molecule has 3 rings (SSSR count). The van der Waals surface area contributed by atoms with Gasteiger partial charge in [-0.1, -0.05) is 18.2 Å². The van der Waals surface area contributed by atoms with E-state index in [9.17, 15) is 14.4 Å². The molecule has 0 amide bonds. The molecule has 1 aromatic carbocycles. The number of benzene rings is 1. The first-order valence-electron chi connectivity index (χ1n) is 7.93. The average Bonchev–Trinajstić information content (AvgIpc) is 3.13. The zero-order chi connectivity index (χ0) is 18.8. The number of carbonyl (C=O) groups is 3. The number of hydrogen-bond donors (Lipinski definition) is 1. The van der Waals surface area contributed by atoms with Gasteiger partial charge in [0.2, 0.25) is 6.23 Å². The Labute approximate surface area is 153 Å². The summed E-state index contributed by atoms with van der Waals surface area (Å²) in [7, 11) is 1.26. The van der Waals surface area contributed by atoms with Gasteiger partial charge in [-0.2, -0.15) is 0 Å². The summed E-state index contributed by atoms with van der Waals surface area (Å²) in [5.74, 6) is -1.55. The minimum atomic E-state index is -0.754. The Morgan fingerprint density at radius 3 is 2.69 bits per heavy atom. The zero-order valence-electron chi connectivity index (χ0n) is 14.5. The lowest BCUT2D eigenvalue weighted by Gasteiger charge is -2.14. The molecule has 8 heteroatoms. The number of thiophene rings is 1. The maximum Gasteiger partial charge on any atom is 0.348 e. The Hall–Kier alpha value is -2.87. The van der Waals surface area contributed by atoms with Crippen molar-refractivity contribution in [2.75, 3.05) is 19.0 Å². The van der Waals surface area contributed by atoms with Crippen molar-refractivity contribution in [1.29, 1.82) is 0 Å². The maximum absolute atomic E-state index is 12.2. The van der Waals surface area contributed by atoms with Crippen molar-refractivity contribution in [3.05, 3.63) is 51.4 Å². The first-order chi connectivity index (χ1) is 12.5. The van der Waals surface area contributed by atoms with Crippen LogP contribution in [0.5, 0.6) is 0 Å². The molecule has 2 heterocycles. The van der Waals surface area contributed by atoms with Crippen LogP contribution < -0.4 is 5.32 Å². The van der Waals surface area contributed by atoms with Crippen molar-refractivity contribution in [3.63, 3.8) is 0 Å². The van der Waals surface area contributed by atoms with E-state index in [-0.39, 0.29) is 12.2 Å². The SMILES string of the molecule is CCOC(=O)c1sc(N[C@H]2OC(=O)c3ccccc32)c(C(=O)OC)c1C. The van der Waals surface area contributed by atoms with Gasteiger partial charge in [0.15, 0.2) is 0 Å². The van der Waals surface area contributed by atoms with E-state index in [1.165, 1.54) is 7.11 Å². The highest BCUT2D eigenvalue weighted by molar-refractivity contribution is 7.18. The molecule has 0 bridgehead atoms. The van der Waals surface area contributed by atoms with Crippen molar-refractivity contribution in [2.45, 2.75) is 20.1 Å². The molecule has 0 aliphatic carbocycles. The summed E-state index contributed by atoms with van der Waals surface area (Å²) in [5.41, 5.74) is 1.81. The van der Waals surface area contributed by atoms with Gasteiger partial charge in [0, 0.05) is 5.56 Å². The molecule has 0 fully saturated rings. The Bertz CT molecular complexity index is 888. The van der Waals surface area contributed by atoms with Crippen molar-refractivity contribution in [2.24, 2.45) is 0 Å². The lowest BCUT2D eigenvalue weighted by Crippen LogP contribution is -2.13. The van der Waals surface area contributed by atoms with Gasteiger partial charge in [-0.15, -0.1) is 11.3 Å². The number of cyclic esters (lactones) is 1. The summed E-state index contributed by atoms with van der Waals surface area (Å²) >= 11 is 1.06. The Balaban J connectivity index is 2.00. The molecule has 0 spiro atoms. The monoisotopic (exact) mass is 375 g/mol. The molecule has 1 aliphatic heterocycles. The Kier molecular flexibility index (Phi) is 4.94. The van der Waals surface area contributed by atoms with Gasteiger partial charge in [0.05, 0.1) is 24.8 Å². The quantitative estimate of drug-likeness (QED) is 0.633. The molecule has 0 unspecified atom stereocenters. The lowest BCUT2D eigenvalue weighted by atomic mass is 10.1. The molecule has 136 valence electrons. The average molecular weight is 375 g/mol. The topological polar surface area (TPSA) is 90.9 Å². The number of hydrogen-bond acceptors (Lipinski definition) is 8.